The lowest BCUT2D eigenvalue weighted by Crippen LogP contribution is -2.40. The topological polar surface area (TPSA) is 68.2 Å². The molecule has 0 aliphatic heterocycles. The molecular formula is C24H30N4O2. The molecule has 2 aromatic carbocycles. The Morgan fingerprint density at radius 1 is 1.00 bits per heavy atom. The third-order valence-electron chi connectivity index (χ3n) is 5.29. The first kappa shape index (κ1) is 21.4. The van der Waals surface area contributed by atoms with Crippen molar-refractivity contribution < 1.29 is 9.53 Å². The summed E-state index contributed by atoms with van der Waals surface area (Å²) >= 11 is 0. The average Bonchev–Trinajstić information content (AvgIpc) is 3.17. The second-order valence-electron chi connectivity index (χ2n) is 7.73. The van der Waals surface area contributed by atoms with Crippen LogP contribution in [0.1, 0.15) is 61.3 Å². The van der Waals surface area contributed by atoms with Crippen molar-refractivity contribution in [3.8, 4) is 5.75 Å². The van der Waals surface area contributed by atoms with Crippen molar-refractivity contribution >= 4 is 6.03 Å². The summed E-state index contributed by atoms with van der Waals surface area (Å²) in [6.07, 6.45) is 3.58. The average molecular weight is 407 g/mol. The number of amides is 2. The molecule has 0 spiro atoms. The molecule has 1 heterocycles. The highest BCUT2D eigenvalue weighted by Crippen LogP contribution is 2.29. The minimum Gasteiger partial charge on any atom is -0.496 e. The predicted molar refractivity (Wildman–Crippen MR) is 119 cm³/mol. The molecule has 0 saturated carbocycles. The molecule has 2 N–H and O–H groups in total. The lowest BCUT2D eigenvalue weighted by Gasteiger charge is -2.23. The number of aromatic nitrogens is 2. The van der Waals surface area contributed by atoms with Gasteiger partial charge in [0, 0.05) is 25.0 Å². The van der Waals surface area contributed by atoms with Crippen LogP contribution < -0.4 is 15.4 Å². The zero-order valence-corrected chi connectivity index (χ0v) is 18.2. The minimum absolute atomic E-state index is 0.133. The molecule has 2 amide bonds. The van der Waals surface area contributed by atoms with Crippen LogP contribution in [0.25, 0.3) is 0 Å². The molecular weight excluding hydrogens is 376 g/mol. The molecule has 1 aromatic heterocycles. The highest BCUT2D eigenvalue weighted by Gasteiger charge is 2.24. The summed E-state index contributed by atoms with van der Waals surface area (Å²) in [4.78, 5) is 17.3. The van der Waals surface area contributed by atoms with E-state index < -0.39 is 6.04 Å². The van der Waals surface area contributed by atoms with E-state index in [2.05, 4.69) is 53.7 Å². The van der Waals surface area contributed by atoms with Crippen LogP contribution in [0, 0.1) is 0 Å². The fourth-order valence-electron chi connectivity index (χ4n) is 3.46. The fraction of sp³-hybridized carbons (Fsp3) is 0.333. The number of methoxy groups -OCH3 is 1. The standard InChI is InChI=1S/C24H30N4O2/c1-16(2)18-10-12-19(13-11-18)17(3)26-24(29)27-22(23-25-14-15-28(23)4)20-8-6-7-9-21(20)30-5/h6-17,22H,1-5H3,(H2,26,27,29)/t17-,22-/m1/s1. The van der Waals surface area contributed by atoms with Gasteiger partial charge in [-0.25, -0.2) is 9.78 Å². The first-order valence-corrected chi connectivity index (χ1v) is 10.2. The van der Waals surface area contributed by atoms with Crippen LogP contribution >= 0.6 is 0 Å². The zero-order valence-electron chi connectivity index (χ0n) is 18.2. The number of para-hydroxylation sites is 1. The number of nitrogens with one attached hydrogen (secondary N) is 2. The number of rotatable bonds is 7. The summed E-state index contributed by atoms with van der Waals surface area (Å²) in [5.41, 5.74) is 3.18. The Labute approximate surface area is 178 Å². The number of hydrogen-bond donors (Lipinski definition) is 2. The molecule has 0 fully saturated rings. The van der Waals surface area contributed by atoms with E-state index in [1.807, 2.05) is 49.0 Å². The number of benzene rings is 2. The first-order valence-electron chi connectivity index (χ1n) is 10.2. The van der Waals surface area contributed by atoms with Gasteiger partial charge >= 0.3 is 6.03 Å². The van der Waals surface area contributed by atoms with Crippen molar-refractivity contribution in [2.24, 2.45) is 7.05 Å². The number of carbonyl (C=O) groups excluding carboxylic acids is 1. The number of hydrogen-bond acceptors (Lipinski definition) is 3. The molecule has 0 aliphatic carbocycles. The van der Waals surface area contributed by atoms with Gasteiger partial charge in [0.2, 0.25) is 0 Å². The van der Waals surface area contributed by atoms with E-state index in [1.54, 1.807) is 13.3 Å². The largest absolute Gasteiger partial charge is 0.496 e. The van der Waals surface area contributed by atoms with Gasteiger partial charge in [-0.3, -0.25) is 0 Å². The number of imidazole rings is 1. The molecule has 3 rings (SSSR count). The Kier molecular flexibility index (Phi) is 6.77. The molecule has 6 heteroatoms. The lowest BCUT2D eigenvalue weighted by molar-refractivity contribution is 0.235. The maximum atomic E-state index is 12.9. The molecule has 0 unspecified atom stereocenters. The quantitative estimate of drug-likeness (QED) is 0.597. The Morgan fingerprint density at radius 2 is 1.67 bits per heavy atom. The van der Waals surface area contributed by atoms with Gasteiger partial charge in [-0.2, -0.15) is 0 Å². The second kappa shape index (κ2) is 9.48. The molecule has 0 radical (unpaired) electrons. The maximum absolute atomic E-state index is 12.9. The molecule has 3 aromatic rings. The summed E-state index contributed by atoms with van der Waals surface area (Å²) in [6.45, 7) is 6.31. The van der Waals surface area contributed by atoms with Crippen LogP contribution in [0.5, 0.6) is 5.75 Å². The smallest absolute Gasteiger partial charge is 0.316 e. The van der Waals surface area contributed by atoms with Crippen molar-refractivity contribution in [3.05, 3.63) is 83.4 Å². The first-order chi connectivity index (χ1) is 14.4. The van der Waals surface area contributed by atoms with Gasteiger partial charge in [-0.15, -0.1) is 0 Å². The van der Waals surface area contributed by atoms with Gasteiger partial charge in [-0.05, 0) is 30.0 Å². The van der Waals surface area contributed by atoms with E-state index in [0.717, 1.165) is 17.0 Å². The number of urea groups is 1. The lowest BCUT2D eigenvalue weighted by atomic mass is 10.00. The van der Waals surface area contributed by atoms with Crippen LogP contribution in [0.4, 0.5) is 4.79 Å². The van der Waals surface area contributed by atoms with Gasteiger partial charge in [-0.1, -0.05) is 56.3 Å². The van der Waals surface area contributed by atoms with Gasteiger partial charge in [0.05, 0.1) is 13.2 Å². The van der Waals surface area contributed by atoms with Gasteiger partial charge < -0.3 is 19.9 Å². The summed E-state index contributed by atoms with van der Waals surface area (Å²) in [7, 11) is 3.53. The Morgan fingerprint density at radius 3 is 2.27 bits per heavy atom. The molecule has 30 heavy (non-hydrogen) atoms. The van der Waals surface area contributed by atoms with E-state index in [0.29, 0.717) is 11.7 Å². The van der Waals surface area contributed by atoms with Gasteiger partial charge in [0.1, 0.15) is 17.6 Å². The van der Waals surface area contributed by atoms with Crippen LogP contribution in [0.15, 0.2) is 60.9 Å². The van der Waals surface area contributed by atoms with E-state index in [4.69, 9.17) is 4.74 Å². The molecule has 158 valence electrons. The minimum atomic E-state index is -0.448. The van der Waals surface area contributed by atoms with Crippen LogP contribution in [-0.2, 0) is 7.05 Å². The second-order valence-corrected chi connectivity index (χ2v) is 7.73. The van der Waals surface area contributed by atoms with Crippen molar-refractivity contribution in [2.75, 3.05) is 7.11 Å². The summed E-state index contributed by atoms with van der Waals surface area (Å²) in [6, 6.07) is 15.1. The van der Waals surface area contributed by atoms with Crippen LogP contribution in [-0.4, -0.2) is 22.7 Å². The maximum Gasteiger partial charge on any atom is 0.316 e. The Balaban J connectivity index is 1.79. The van der Waals surface area contributed by atoms with E-state index in [9.17, 15) is 4.79 Å². The Hall–Kier alpha value is -3.28. The van der Waals surface area contributed by atoms with Crippen LogP contribution in [0.2, 0.25) is 0 Å². The molecule has 6 nitrogen and oxygen atoms in total. The van der Waals surface area contributed by atoms with E-state index >= 15 is 0 Å². The molecule has 2 atom stereocenters. The normalized spacial score (nSPS) is 13.0. The molecule has 0 bridgehead atoms. The van der Waals surface area contributed by atoms with Crippen molar-refractivity contribution in [2.45, 2.75) is 38.8 Å². The van der Waals surface area contributed by atoms with E-state index in [-0.39, 0.29) is 12.1 Å². The number of aryl methyl sites for hydroxylation is 1. The predicted octanol–water partition coefficient (Wildman–Crippen LogP) is 4.70. The van der Waals surface area contributed by atoms with Crippen LogP contribution in [0.3, 0.4) is 0 Å². The SMILES string of the molecule is COc1ccccc1[C@@H](NC(=O)N[C@H](C)c1ccc(C(C)C)cc1)c1nccn1C. The highest BCUT2D eigenvalue weighted by molar-refractivity contribution is 5.75. The molecule has 0 aliphatic rings. The highest BCUT2D eigenvalue weighted by atomic mass is 16.5. The number of carbonyl (C=O) groups is 1. The summed E-state index contributed by atoms with van der Waals surface area (Å²) < 4.78 is 7.41. The monoisotopic (exact) mass is 406 g/mol. The van der Waals surface area contributed by atoms with Gasteiger partial charge in [0.25, 0.3) is 0 Å². The number of nitrogens with zero attached hydrogens (tertiary/aromatic N) is 2. The third kappa shape index (κ3) is 4.82. The van der Waals surface area contributed by atoms with Gasteiger partial charge in [0.15, 0.2) is 0 Å². The van der Waals surface area contributed by atoms with Crippen molar-refractivity contribution in [1.82, 2.24) is 20.2 Å². The molecule has 0 saturated heterocycles. The zero-order chi connectivity index (χ0) is 21.7. The Bertz CT molecular complexity index is 979. The number of ether oxygens (including phenoxy) is 1. The fourth-order valence-corrected chi connectivity index (χ4v) is 3.46. The summed E-state index contributed by atoms with van der Waals surface area (Å²) in [5, 5.41) is 6.10. The van der Waals surface area contributed by atoms with E-state index in [1.165, 1.54) is 5.56 Å². The van der Waals surface area contributed by atoms with Crippen molar-refractivity contribution in [3.63, 3.8) is 0 Å². The summed E-state index contributed by atoms with van der Waals surface area (Å²) in [5.74, 6) is 1.90. The third-order valence-corrected chi connectivity index (χ3v) is 5.29. The van der Waals surface area contributed by atoms with Crippen molar-refractivity contribution in [1.29, 1.82) is 0 Å².